The van der Waals surface area contributed by atoms with Crippen molar-refractivity contribution >= 4 is 11.9 Å². The summed E-state index contributed by atoms with van der Waals surface area (Å²) in [5.41, 5.74) is 0.941. The molecular weight excluding hydrogens is 220 g/mol. The van der Waals surface area contributed by atoms with E-state index in [1.54, 1.807) is 0 Å². The monoisotopic (exact) mass is 232 g/mol. The lowest BCUT2D eigenvalue weighted by Gasteiger charge is -2.00. The van der Waals surface area contributed by atoms with Gasteiger partial charge < -0.3 is 4.74 Å². The second kappa shape index (κ2) is 5.11. The topological polar surface area (TPSA) is 79.9 Å². The van der Waals surface area contributed by atoms with Gasteiger partial charge in [-0.25, -0.2) is 5.10 Å². The van der Waals surface area contributed by atoms with Gasteiger partial charge in [-0.2, -0.15) is 4.98 Å². The minimum absolute atomic E-state index is 0.157. The van der Waals surface area contributed by atoms with Crippen molar-refractivity contribution in [1.29, 1.82) is 0 Å². The predicted molar refractivity (Wildman–Crippen MR) is 61.7 cm³/mol. The normalized spacial score (nSPS) is 9.94. The van der Waals surface area contributed by atoms with Crippen LogP contribution < -0.4 is 10.1 Å². The van der Waals surface area contributed by atoms with Crippen LogP contribution in [0.3, 0.4) is 0 Å². The third-order valence-electron chi connectivity index (χ3n) is 2.11. The molecule has 0 unspecified atom stereocenters. The molecule has 1 heterocycles. The number of aromatic amines is 1. The Balaban J connectivity index is 1.93. The minimum atomic E-state index is -0.157. The summed E-state index contributed by atoms with van der Waals surface area (Å²) >= 11 is 0. The van der Waals surface area contributed by atoms with Gasteiger partial charge in [0.05, 0.1) is 13.5 Å². The number of anilines is 1. The average Bonchev–Trinajstić information content (AvgIpc) is 2.78. The van der Waals surface area contributed by atoms with Crippen LogP contribution in [0.15, 0.2) is 30.3 Å². The summed E-state index contributed by atoms with van der Waals surface area (Å²) in [6.07, 6.45) is 0.295. The Morgan fingerprint density at radius 2 is 2.18 bits per heavy atom. The molecule has 1 amide bonds. The summed E-state index contributed by atoms with van der Waals surface area (Å²) < 4.78 is 4.79. The maximum Gasteiger partial charge on any atom is 0.336 e. The maximum absolute atomic E-state index is 11.6. The lowest BCUT2D eigenvalue weighted by molar-refractivity contribution is -0.115. The third-order valence-corrected chi connectivity index (χ3v) is 2.11. The van der Waals surface area contributed by atoms with Crippen LogP contribution in [0.25, 0.3) is 0 Å². The number of nitrogens with zero attached hydrogens (tertiary/aromatic N) is 2. The van der Waals surface area contributed by atoms with Crippen molar-refractivity contribution in [3.05, 3.63) is 35.9 Å². The molecule has 2 rings (SSSR count). The first kappa shape index (κ1) is 11.1. The number of ether oxygens (including phenoxy) is 1. The number of amides is 1. The number of rotatable bonds is 4. The second-order valence-corrected chi connectivity index (χ2v) is 3.38. The van der Waals surface area contributed by atoms with E-state index in [2.05, 4.69) is 20.5 Å². The molecule has 0 radical (unpaired) electrons. The van der Waals surface area contributed by atoms with Gasteiger partial charge in [0, 0.05) is 0 Å². The van der Waals surface area contributed by atoms with Crippen molar-refractivity contribution in [3.8, 4) is 6.01 Å². The minimum Gasteiger partial charge on any atom is -0.466 e. The molecule has 0 aliphatic heterocycles. The molecule has 0 saturated carbocycles. The SMILES string of the molecule is COc1n[nH]c(NC(=O)Cc2ccccc2)n1. The van der Waals surface area contributed by atoms with Crippen molar-refractivity contribution in [2.45, 2.75) is 6.42 Å². The molecule has 0 fully saturated rings. The lowest BCUT2D eigenvalue weighted by Crippen LogP contribution is -2.15. The molecule has 0 saturated heterocycles. The van der Waals surface area contributed by atoms with E-state index in [1.165, 1.54) is 7.11 Å². The third kappa shape index (κ3) is 3.04. The number of H-pyrrole nitrogens is 1. The quantitative estimate of drug-likeness (QED) is 0.824. The summed E-state index contributed by atoms with van der Waals surface area (Å²) in [6.45, 7) is 0. The Labute approximate surface area is 98.0 Å². The summed E-state index contributed by atoms with van der Waals surface area (Å²) in [6, 6.07) is 9.66. The number of hydrogen-bond donors (Lipinski definition) is 2. The van der Waals surface area contributed by atoms with Crippen molar-refractivity contribution in [3.63, 3.8) is 0 Å². The van der Waals surface area contributed by atoms with E-state index in [0.29, 0.717) is 6.42 Å². The molecule has 1 aromatic heterocycles. The lowest BCUT2D eigenvalue weighted by atomic mass is 10.1. The Bertz CT molecular complexity index is 495. The number of hydrogen-bond acceptors (Lipinski definition) is 4. The van der Waals surface area contributed by atoms with E-state index in [-0.39, 0.29) is 17.9 Å². The molecule has 0 aliphatic rings. The van der Waals surface area contributed by atoms with Crippen molar-refractivity contribution in [1.82, 2.24) is 15.2 Å². The number of carbonyl (C=O) groups excluding carboxylic acids is 1. The summed E-state index contributed by atoms with van der Waals surface area (Å²) in [4.78, 5) is 15.5. The van der Waals surface area contributed by atoms with Gasteiger partial charge in [-0.15, -0.1) is 5.10 Å². The van der Waals surface area contributed by atoms with Crippen LogP contribution in [0.5, 0.6) is 6.01 Å². The van der Waals surface area contributed by atoms with E-state index < -0.39 is 0 Å². The number of aromatic nitrogens is 3. The highest BCUT2D eigenvalue weighted by molar-refractivity contribution is 5.90. The first-order valence-corrected chi connectivity index (χ1v) is 5.08. The number of benzene rings is 1. The van der Waals surface area contributed by atoms with Gasteiger partial charge in [-0.05, 0) is 5.56 Å². The van der Waals surface area contributed by atoms with Crippen LogP contribution in [0, 0.1) is 0 Å². The first-order chi connectivity index (χ1) is 8.28. The van der Waals surface area contributed by atoms with Gasteiger partial charge >= 0.3 is 6.01 Å². The molecule has 0 spiro atoms. The van der Waals surface area contributed by atoms with E-state index >= 15 is 0 Å². The highest BCUT2D eigenvalue weighted by Gasteiger charge is 2.07. The first-order valence-electron chi connectivity index (χ1n) is 5.08. The highest BCUT2D eigenvalue weighted by Crippen LogP contribution is 2.06. The molecule has 0 bridgehead atoms. The molecule has 6 nitrogen and oxygen atoms in total. The van der Waals surface area contributed by atoms with Gasteiger partial charge in [0.25, 0.3) is 0 Å². The summed E-state index contributed by atoms with van der Waals surface area (Å²) in [5.74, 6) is 0.123. The summed E-state index contributed by atoms with van der Waals surface area (Å²) in [5, 5.41) is 8.87. The Morgan fingerprint density at radius 1 is 1.41 bits per heavy atom. The molecule has 2 N–H and O–H groups in total. The Kier molecular flexibility index (Phi) is 3.34. The van der Waals surface area contributed by atoms with Crippen LogP contribution in [0.2, 0.25) is 0 Å². The van der Waals surface area contributed by atoms with Crippen LogP contribution in [0.1, 0.15) is 5.56 Å². The fraction of sp³-hybridized carbons (Fsp3) is 0.182. The summed E-state index contributed by atoms with van der Waals surface area (Å²) in [7, 11) is 1.46. The largest absolute Gasteiger partial charge is 0.466 e. The van der Waals surface area contributed by atoms with Crippen LogP contribution in [-0.4, -0.2) is 28.2 Å². The fourth-order valence-electron chi connectivity index (χ4n) is 1.35. The Morgan fingerprint density at radius 3 is 2.82 bits per heavy atom. The number of methoxy groups -OCH3 is 1. The molecule has 88 valence electrons. The molecule has 1 aromatic carbocycles. The smallest absolute Gasteiger partial charge is 0.336 e. The van der Waals surface area contributed by atoms with E-state index in [1.807, 2.05) is 30.3 Å². The van der Waals surface area contributed by atoms with Gasteiger partial charge in [0.2, 0.25) is 11.9 Å². The standard InChI is InChI=1S/C11H12N4O2/c1-17-11-13-10(14-15-11)12-9(16)7-8-5-3-2-4-6-8/h2-6H,7H2,1H3,(H2,12,13,14,15,16). The average molecular weight is 232 g/mol. The maximum atomic E-state index is 11.6. The number of carbonyl (C=O) groups is 1. The fourth-order valence-corrected chi connectivity index (χ4v) is 1.35. The Hall–Kier alpha value is -2.37. The van der Waals surface area contributed by atoms with E-state index in [0.717, 1.165) is 5.56 Å². The van der Waals surface area contributed by atoms with Crippen molar-refractivity contribution < 1.29 is 9.53 Å². The van der Waals surface area contributed by atoms with Gasteiger partial charge in [0.15, 0.2) is 0 Å². The van der Waals surface area contributed by atoms with Gasteiger partial charge in [0.1, 0.15) is 0 Å². The molecule has 2 aromatic rings. The predicted octanol–water partition coefficient (Wildman–Crippen LogP) is 0.995. The second-order valence-electron chi connectivity index (χ2n) is 3.38. The van der Waals surface area contributed by atoms with Gasteiger partial charge in [-0.1, -0.05) is 30.3 Å². The van der Waals surface area contributed by atoms with Crippen LogP contribution in [-0.2, 0) is 11.2 Å². The van der Waals surface area contributed by atoms with E-state index in [4.69, 9.17) is 4.74 Å². The van der Waals surface area contributed by atoms with Crippen molar-refractivity contribution in [2.75, 3.05) is 12.4 Å². The zero-order chi connectivity index (χ0) is 12.1. The molecule has 0 atom stereocenters. The van der Waals surface area contributed by atoms with E-state index in [9.17, 15) is 4.79 Å². The zero-order valence-corrected chi connectivity index (χ0v) is 9.30. The highest BCUT2D eigenvalue weighted by atomic mass is 16.5. The van der Waals surface area contributed by atoms with Crippen molar-refractivity contribution in [2.24, 2.45) is 0 Å². The van der Waals surface area contributed by atoms with Crippen LogP contribution in [0.4, 0.5) is 5.95 Å². The van der Waals surface area contributed by atoms with Crippen LogP contribution >= 0.6 is 0 Å². The number of nitrogens with one attached hydrogen (secondary N) is 2. The molecule has 6 heteroatoms. The molecular formula is C11H12N4O2. The molecule has 0 aliphatic carbocycles. The molecule has 17 heavy (non-hydrogen) atoms. The van der Waals surface area contributed by atoms with Gasteiger partial charge in [-0.3, -0.25) is 10.1 Å². The zero-order valence-electron chi connectivity index (χ0n) is 9.30.